The van der Waals surface area contributed by atoms with Crippen LogP contribution in [0.2, 0.25) is 5.02 Å². The molecule has 3 rings (SSSR count). The molecule has 1 aliphatic rings. The van der Waals surface area contributed by atoms with Gasteiger partial charge in [0.2, 0.25) is 5.91 Å². The Bertz CT molecular complexity index is 1040. The van der Waals surface area contributed by atoms with Crippen molar-refractivity contribution in [1.29, 1.82) is 0 Å². The van der Waals surface area contributed by atoms with Crippen LogP contribution in [0, 0.1) is 6.92 Å². The van der Waals surface area contributed by atoms with Gasteiger partial charge in [-0.05, 0) is 61.9 Å². The number of nitrogens with zero attached hydrogens (tertiary/aromatic N) is 2. The maximum Gasteiger partial charge on any atom is 0.268 e. The first-order valence-corrected chi connectivity index (χ1v) is 12.6. The Morgan fingerprint density at radius 1 is 1.18 bits per heavy atom. The van der Waals surface area contributed by atoms with E-state index in [1.54, 1.807) is 43.3 Å². The number of sulfonamides is 1. The van der Waals surface area contributed by atoms with Gasteiger partial charge in [-0.3, -0.25) is 14.0 Å². The van der Waals surface area contributed by atoms with Gasteiger partial charge in [-0.1, -0.05) is 17.7 Å². The van der Waals surface area contributed by atoms with E-state index in [-0.39, 0.29) is 23.1 Å². The third kappa shape index (κ3) is 6.83. The van der Waals surface area contributed by atoms with Crippen molar-refractivity contribution >= 4 is 33.2 Å². The molecule has 2 aromatic carbocycles. The molecule has 1 aliphatic heterocycles. The minimum Gasteiger partial charge on any atom is -0.495 e. The van der Waals surface area contributed by atoms with Gasteiger partial charge in [-0.25, -0.2) is 8.42 Å². The van der Waals surface area contributed by atoms with Crippen molar-refractivity contribution in [1.82, 2.24) is 10.2 Å². The smallest absolute Gasteiger partial charge is 0.268 e. The highest BCUT2D eigenvalue weighted by atomic mass is 35.5. The summed E-state index contributed by atoms with van der Waals surface area (Å²) in [4.78, 5) is 15.0. The van der Waals surface area contributed by atoms with Crippen molar-refractivity contribution in [3.8, 4) is 5.75 Å². The molecule has 1 heterocycles. The van der Waals surface area contributed by atoms with Crippen LogP contribution < -0.4 is 14.4 Å². The molecule has 0 atom stereocenters. The van der Waals surface area contributed by atoms with Crippen molar-refractivity contribution in [3.63, 3.8) is 0 Å². The Morgan fingerprint density at radius 3 is 2.55 bits per heavy atom. The molecular formula is C23H30ClN3O5S. The number of rotatable bonds is 10. The van der Waals surface area contributed by atoms with Gasteiger partial charge in [0.15, 0.2) is 0 Å². The maximum atomic E-state index is 13.6. The van der Waals surface area contributed by atoms with E-state index in [0.717, 1.165) is 49.1 Å². The molecule has 1 fully saturated rings. The van der Waals surface area contributed by atoms with E-state index >= 15 is 0 Å². The molecule has 0 aliphatic carbocycles. The second-order valence-electron chi connectivity index (χ2n) is 7.80. The molecule has 1 amide bonds. The van der Waals surface area contributed by atoms with Gasteiger partial charge < -0.3 is 14.8 Å². The quantitative estimate of drug-likeness (QED) is 0.510. The van der Waals surface area contributed by atoms with Gasteiger partial charge in [0, 0.05) is 24.7 Å². The molecule has 180 valence electrons. The van der Waals surface area contributed by atoms with Crippen LogP contribution in [0.4, 0.5) is 5.69 Å². The number of halogens is 1. The Labute approximate surface area is 200 Å². The minimum absolute atomic E-state index is 0.0000624. The van der Waals surface area contributed by atoms with E-state index in [1.165, 1.54) is 13.2 Å². The van der Waals surface area contributed by atoms with E-state index < -0.39 is 10.0 Å². The number of ether oxygens (including phenoxy) is 2. The lowest BCUT2D eigenvalue weighted by Gasteiger charge is -2.27. The second kappa shape index (κ2) is 11.7. The Kier molecular flexibility index (Phi) is 8.96. The molecule has 10 heteroatoms. The Morgan fingerprint density at radius 2 is 1.88 bits per heavy atom. The number of benzene rings is 2. The van der Waals surface area contributed by atoms with Gasteiger partial charge in [0.25, 0.3) is 10.0 Å². The second-order valence-corrected chi connectivity index (χ2v) is 10.1. The fourth-order valence-electron chi connectivity index (χ4n) is 3.57. The number of methoxy groups -OCH3 is 1. The highest BCUT2D eigenvalue weighted by Crippen LogP contribution is 2.31. The van der Waals surface area contributed by atoms with Gasteiger partial charge in [-0.2, -0.15) is 0 Å². The first-order valence-electron chi connectivity index (χ1n) is 10.8. The predicted octanol–water partition coefficient (Wildman–Crippen LogP) is 2.69. The zero-order valence-corrected chi connectivity index (χ0v) is 20.5. The summed E-state index contributed by atoms with van der Waals surface area (Å²) in [7, 11) is -2.68. The SMILES string of the molecule is COc1ccc(C)cc1S(=O)(=O)N(CC(=O)NCCCN1CCOCC1)c1ccc(Cl)cc1. The predicted molar refractivity (Wildman–Crippen MR) is 129 cm³/mol. The average Bonchev–Trinajstić information content (AvgIpc) is 2.81. The summed E-state index contributed by atoms with van der Waals surface area (Å²) >= 11 is 5.99. The lowest BCUT2D eigenvalue weighted by molar-refractivity contribution is -0.119. The molecule has 1 N–H and O–H groups in total. The summed E-state index contributed by atoms with van der Waals surface area (Å²) in [5, 5.41) is 3.31. The van der Waals surface area contributed by atoms with Crippen LogP contribution in [-0.4, -0.2) is 72.3 Å². The van der Waals surface area contributed by atoms with E-state index in [9.17, 15) is 13.2 Å². The van der Waals surface area contributed by atoms with Crippen LogP contribution in [0.1, 0.15) is 12.0 Å². The largest absolute Gasteiger partial charge is 0.495 e. The molecule has 0 unspecified atom stereocenters. The third-order valence-electron chi connectivity index (χ3n) is 5.37. The lowest BCUT2D eigenvalue weighted by atomic mass is 10.2. The average molecular weight is 496 g/mol. The zero-order valence-electron chi connectivity index (χ0n) is 18.9. The molecule has 0 spiro atoms. The number of hydrogen-bond donors (Lipinski definition) is 1. The summed E-state index contributed by atoms with van der Waals surface area (Å²) in [6.07, 6.45) is 0.769. The molecule has 0 saturated carbocycles. The summed E-state index contributed by atoms with van der Waals surface area (Å²) in [5.74, 6) is -0.174. The van der Waals surface area contributed by atoms with Crippen LogP contribution in [0.25, 0.3) is 0 Å². The summed E-state index contributed by atoms with van der Waals surface area (Å²) < 4.78 is 39.0. The first-order chi connectivity index (χ1) is 15.8. The number of anilines is 1. The van der Waals surface area contributed by atoms with Crippen LogP contribution in [-0.2, 0) is 19.6 Å². The molecule has 8 nitrogen and oxygen atoms in total. The number of aryl methyl sites for hydroxylation is 1. The maximum absolute atomic E-state index is 13.6. The monoisotopic (exact) mass is 495 g/mol. The number of amides is 1. The fraction of sp³-hybridized carbons (Fsp3) is 0.435. The molecular weight excluding hydrogens is 466 g/mol. The fourth-order valence-corrected chi connectivity index (χ4v) is 5.36. The highest BCUT2D eigenvalue weighted by Gasteiger charge is 2.30. The lowest BCUT2D eigenvalue weighted by Crippen LogP contribution is -2.42. The van der Waals surface area contributed by atoms with E-state index in [4.69, 9.17) is 21.1 Å². The van der Waals surface area contributed by atoms with Crippen LogP contribution in [0.3, 0.4) is 0 Å². The summed E-state index contributed by atoms with van der Waals surface area (Å²) in [6, 6.07) is 11.2. The molecule has 2 aromatic rings. The molecule has 0 aromatic heterocycles. The van der Waals surface area contributed by atoms with Gasteiger partial charge in [0.1, 0.15) is 17.2 Å². The normalized spacial score (nSPS) is 14.6. The van der Waals surface area contributed by atoms with Gasteiger partial charge in [0.05, 0.1) is 26.0 Å². The summed E-state index contributed by atoms with van der Waals surface area (Å²) in [5.41, 5.74) is 1.10. The van der Waals surface area contributed by atoms with Crippen LogP contribution in [0.5, 0.6) is 5.75 Å². The number of carbonyl (C=O) groups excluding carboxylic acids is 1. The third-order valence-corrected chi connectivity index (χ3v) is 7.41. The van der Waals surface area contributed by atoms with Crippen molar-refractivity contribution in [3.05, 3.63) is 53.1 Å². The number of morpholine rings is 1. The molecule has 1 saturated heterocycles. The van der Waals surface area contributed by atoms with Crippen molar-refractivity contribution < 1.29 is 22.7 Å². The molecule has 0 radical (unpaired) electrons. The van der Waals surface area contributed by atoms with Crippen molar-refractivity contribution in [2.45, 2.75) is 18.2 Å². The zero-order chi connectivity index (χ0) is 23.8. The standard InChI is InChI=1S/C23H30ClN3O5S/c1-18-4-9-21(31-2)22(16-18)33(29,30)27(20-7-5-19(24)6-8-20)17-23(28)25-10-3-11-26-12-14-32-15-13-26/h4-9,16H,3,10-15,17H2,1-2H3,(H,25,28). The van der Waals surface area contributed by atoms with Crippen molar-refractivity contribution in [2.75, 3.05) is 57.4 Å². The van der Waals surface area contributed by atoms with Gasteiger partial charge in [-0.15, -0.1) is 0 Å². The topological polar surface area (TPSA) is 88.2 Å². The molecule has 33 heavy (non-hydrogen) atoms. The van der Waals surface area contributed by atoms with Crippen LogP contribution in [0.15, 0.2) is 47.4 Å². The first kappa shape index (κ1) is 25.3. The molecule has 0 bridgehead atoms. The number of carbonyl (C=O) groups is 1. The van der Waals surface area contributed by atoms with Crippen LogP contribution >= 0.6 is 11.6 Å². The van der Waals surface area contributed by atoms with E-state index in [2.05, 4.69) is 10.2 Å². The minimum atomic E-state index is -4.09. The Hall–Kier alpha value is -2.33. The Balaban J connectivity index is 1.75. The van der Waals surface area contributed by atoms with Crippen molar-refractivity contribution in [2.24, 2.45) is 0 Å². The number of nitrogens with one attached hydrogen (secondary N) is 1. The summed E-state index contributed by atoms with van der Waals surface area (Å²) in [6.45, 7) is 5.96. The van der Waals surface area contributed by atoms with E-state index in [1.807, 2.05) is 0 Å². The highest BCUT2D eigenvalue weighted by molar-refractivity contribution is 7.93. The van der Waals surface area contributed by atoms with Gasteiger partial charge >= 0.3 is 0 Å². The number of hydrogen-bond acceptors (Lipinski definition) is 6. The van der Waals surface area contributed by atoms with E-state index in [0.29, 0.717) is 17.3 Å².